The first kappa shape index (κ1) is 18.2. The Labute approximate surface area is 155 Å². The molecule has 1 heterocycles. The smallest absolute Gasteiger partial charge is 0.414 e. The zero-order valence-corrected chi connectivity index (χ0v) is 14.9. The van der Waals surface area contributed by atoms with Gasteiger partial charge in [0.1, 0.15) is 11.9 Å². The Hall–Kier alpha value is -2.60. The molecule has 1 aliphatic rings. The summed E-state index contributed by atoms with van der Waals surface area (Å²) >= 11 is 5.83. The van der Waals surface area contributed by atoms with Gasteiger partial charge in [-0.05, 0) is 35.4 Å². The van der Waals surface area contributed by atoms with Crippen LogP contribution >= 0.6 is 11.6 Å². The van der Waals surface area contributed by atoms with Crippen LogP contribution in [0.4, 0.5) is 14.9 Å². The van der Waals surface area contributed by atoms with E-state index in [4.69, 9.17) is 16.3 Å². The number of cyclic esters (lactones) is 1. The third-order valence-corrected chi connectivity index (χ3v) is 4.42. The molecule has 0 aromatic heterocycles. The first-order chi connectivity index (χ1) is 12.5. The molecule has 5 nitrogen and oxygen atoms in total. The molecule has 1 atom stereocenters. The van der Waals surface area contributed by atoms with Gasteiger partial charge in [0.05, 0.1) is 18.8 Å². The average molecular weight is 377 g/mol. The largest absolute Gasteiger partial charge is 0.442 e. The second-order valence-electron chi connectivity index (χ2n) is 6.05. The van der Waals surface area contributed by atoms with Gasteiger partial charge in [-0.25, -0.2) is 9.18 Å². The summed E-state index contributed by atoms with van der Waals surface area (Å²) in [6.45, 7) is 1.87. The number of rotatable bonds is 5. The molecule has 3 rings (SSSR count). The number of ether oxygens (including phenoxy) is 1. The molecule has 136 valence electrons. The van der Waals surface area contributed by atoms with Crippen LogP contribution in [-0.2, 0) is 15.4 Å². The Morgan fingerprint density at radius 2 is 2.15 bits per heavy atom. The fourth-order valence-electron chi connectivity index (χ4n) is 2.82. The summed E-state index contributed by atoms with van der Waals surface area (Å²) in [5, 5.41) is 2.61. The first-order valence-electron chi connectivity index (χ1n) is 8.15. The molecule has 0 bridgehead atoms. The molecule has 2 amide bonds. The van der Waals surface area contributed by atoms with Crippen molar-refractivity contribution in [3.63, 3.8) is 0 Å². The van der Waals surface area contributed by atoms with E-state index in [9.17, 15) is 14.0 Å². The fraction of sp³-hybridized carbons (Fsp3) is 0.263. The lowest BCUT2D eigenvalue weighted by atomic mass is 10.0. The van der Waals surface area contributed by atoms with Crippen molar-refractivity contribution in [2.45, 2.75) is 18.9 Å². The van der Waals surface area contributed by atoms with Crippen molar-refractivity contribution in [2.24, 2.45) is 0 Å². The van der Waals surface area contributed by atoms with Crippen molar-refractivity contribution < 1.29 is 18.7 Å². The monoisotopic (exact) mass is 376 g/mol. The predicted octanol–water partition coefficient (Wildman–Crippen LogP) is 3.69. The normalized spacial score (nSPS) is 16.5. The number of carbonyl (C=O) groups is 2. The van der Waals surface area contributed by atoms with E-state index < -0.39 is 18.0 Å². The first-order valence-corrected chi connectivity index (χ1v) is 8.69. The number of carbonyl (C=O) groups excluding carboxylic acids is 2. The van der Waals surface area contributed by atoms with E-state index in [1.54, 1.807) is 12.1 Å². The Morgan fingerprint density at radius 1 is 1.35 bits per heavy atom. The van der Waals surface area contributed by atoms with E-state index in [2.05, 4.69) is 5.32 Å². The molecule has 0 aliphatic carbocycles. The summed E-state index contributed by atoms with van der Waals surface area (Å²) in [4.78, 5) is 24.4. The van der Waals surface area contributed by atoms with E-state index in [1.807, 2.05) is 24.3 Å². The highest BCUT2D eigenvalue weighted by Gasteiger charge is 2.32. The lowest BCUT2D eigenvalue weighted by molar-refractivity contribution is -0.119. The van der Waals surface area contributed by atoms with E-state index in [0.29, 0.717) is 17.1 Å². The molecule has 1 unspecified atom stereocenters. The Bertz CT molecular complexity index is 843. The summed E-state index contributed by atoms with van der Waals surface area (Å²) in [6, 6.07) is 12.0. The highest BCUT2D eigenvalue weighted by Crippen LogP contribution is 2.29. The van der Waals surface area contributed by atoms with E-state index in [-0.39, 0.29) is 19.0 Å². The highest BCUT2D eigenvalue weighted by molar-refractivity contribution is 6.17. The molecular formula is C19H18ClFN2O3. The van der Waals surface area contributed by atoms with E-state index in [1.165, 1.54) is 17.9 Å². The van der Waals surface area contributed by atoms with E-state index >= 15 is 0 Å². The molecule has 1 aliphatic heterocycles. The summed E-state index contributed by atoms with van der Waals surface area (Å²) in [5.74, 6) is -0.288. The molecule has 0 radical (unpaired) electrons. The number of anilines is 1. The average Bonchev–Trinajstić information content (AvgIpc) is 3.00. The number of alkyl halides is 1. The fourth-order valence-corrected chi connectivity index (χ4v) is 2.99. The summed E-state index contributed by atoms with van der Waals surface area (Å²) in [7, 11) is 0. The molecule has 2 aromatic carbocycles. The minimum Gasteiger partial charge on any atom is -0.442 e. The summed E-state index contributed by atoms with van der Waals surface area (Å²) < 4.78 is 19.8. The number of nitrogens with zero attached hydrogens (tertiary/aromatic N) is 1. The van der Waals surface area contributed by atoms with Gasteiger partial charge in [0.2, 0.25) is 5.91 Å². The van der Waals surface area contributed by atoms with Crippen LogP contribution in [0, 0.1) is 5.82 Å². The molecule has 0 saturated carbocycles. The maximum absolute atomic E-state index is 14.6. The van der Waals surface area contributed by atoms with Gasteiger partial charge in [0.25, 0.3) is 0 Å². The van der Waals surface area contributed by atoms with Gasteiger partial charge in [0.15, 0.2) is 0 Å². The van der Waals surface area contributed by atoms with Crippen molar-refractivity contribution in [3.05, 3.63) is 53.8 Å². The zero-order chi connectivity index (χ0) is 18.7. The number of hydrogen-bond acceptors (Lipinski definition) is 3. The van der Waals surface area contributed by atoms with Crippen LogP contribution < -0.4 is 10.2 Å². The number of hydrogen-bond donors (Lipinski definition) is 1. The molecule has 1 N–H and O–H groups in total. The molecule has 0 spiro atoms. The third-order valence-electron chi connectivity index (χ3n) is 4.11. The number of benzene rings is 2. The van der Waals surface area contributed by atoms with Crippen LogP contribution in [0.2, 0.25) is 0 Å². The van der Waals surface area contributed by atoms with Crippen LogP contribution in [0.1, 0.15) is 12.5 Å². The van der Waals surface area contributed by atoms with Crippen LogP contribution in [0.25, 0.3) is 11.1 Å². The van der Waals surface area contributed by atoms with Crippen LogP contribution in [0.15, 0.2) is 42.5 Å². The van der Waals surface area contributed by atoms with Crippen LogP contribution in [0.3, 0.4) is 0 Å². The number of halogens is 2. The minimum atomic E-state index is -0.559. The van der Waals surface area contributed by atoms with Crippen LogP contribution in [-0.4, -0.2) is 31.2 Å². The Balaban J connectivity index is 1.79. The lowest BCUT2D eigenvalue weighted by Gasteiger charge is -2.15. The molecule has 2 aromatic rings. The number of nitrogens with one attached hydrogen (secondary N) is 1. The lowest BCUT2D eigenvalue weighted by Crippen LogP contribution is -2.33. The topological polar surface area (TPSA) is 58.6 Å². The van der Waals surface area contributed by atoms with Crippen molar-refractivity contribution >= 4 is 29.3 Å². The van der Waals surface area contributed by atoms with Gasteiger partial charge in [-0.1, -0.05) is 18.2 Å². The molecule has 7 heteroatoms. The Kier molecular flexibility index (Phi) is 5.42. The van der Waals surface area contributed by atoms with Crippen LogP contribution in [0.5, 0.6) is 0 Å². The van der Waals surface area contributed by atoms with Gasteiger partial charge in [-0.2, -0.15) is 0 Å². The Morgan fingerprint density at radius 3 is 2.85 bits per heavy atom. The zero-order valence-electron chi connectivity index (χ0n) is 14.2. The minimum absolute atomic E-state index is 0.200. The van der Waals surface area contributed by atoms with Gasteiger partial charge in [-0.3, -0.25) is 9.69 Å². The maximum atomic E-state index is 14.6. The molecule has 26 heavy (non-hydrogen) atoms. The predicted molar refractivity (Wildman–Crippen MR) is 97.7 cm³/mol. The van der Waals surface area contributed by atoms with Crippen molar-refractivity contribution in [3.8, 4) is 11.1 Å². The summed E-state index contributed by atoms with van der Waals surface area (Å²) in [5.41, 5.74) is 2.47. The summed E-state index contributed by atoms with van der Waals surface area (Å²) in [6.07, 6.45) is -1.02. The van der Waals surface area contributed by atoms with Crippen molar-refractivity contribution in [1.29, 1.82) is 0 Å². The molecular weight excluding hydrogens is 359 g/mol. The second kappa shape index (κ2) is 7.74. The van der Waals surface area contributed by atoms with Crippen molar-refractivity contribution in [1.82, 2.24) is 5.32 Å². The highest BCUT2D eigenvalue weighted by atomic mass is 35.5. The molecule has 1 saturated heterocycles. The second-order valence-corrected chi connectivity index (χ2v) is 6.32. The SMILES string of the molecule is CC(=O)NCC1CN(c2ccc(-c3cccc(CCl)c3)c(F)c2)C(=O)O1. The van der Waals surface area contributed by atoms with Gasteiger partial charge in [0, 0.05) is 18.4 Å². The molecule has 1 fully saturated rings. The van der Waals surface area contributed by atoms with Gasteiger partial charge < -0.3 is 10.1 Å². The van der Waals surface area contributed by atoms with Gasteiger partial charge >= 0.3 is 6.09 Å². The quantitative estimate of drug-likeness (QED) is 0.809. The van der Waals surface area contributed by atoms with Crippen molar-refractivity contribution in [2.75, 3.05) is 18.0 Å². The third kappa shape index (κ3) is 3.96. The standard InChI is InChI=1S/C19H18ClFN2O3/c1-12(24)22-10-16-11-23(19(25)26-16)15-5-6-17(18(21)8-15)14-4-2-3-13(7-14)9-20/h2-8,16H,9-11H2,1H3,(H,22,24). The van der Waals surface area contributed by atoms with Gasteiger partial charge in [-0.15, -0.1) is 11.6 Å². The van der Waals surface area contributed by atoms with E-state index in [0.717, 1.165) is 11.1 Å². The number of amides is 2. The maximum Gasteiger partial charge on any atom is 0.414 e.